The Kier molecular flexibility index (Phi) is 4.43. The number of benzene rings is 1. The van der Waals surface area contributed by atoms with Crippen LogP contribution in [-0.4, -0.2) is 26.1 Å². The summed E-state index contributed by atoms with van der Waals surface area (Å²) in [5.74, 6) is 1.28. The lowest BCUT2D eigenvalue weighted by Gasteiger charge is -2.15. The minimum atomic E-state index is 0.0667. The molecule has 0 radical (unpaired) electrons. The van der Waals surface area contributed by atoms with Crippen molar-refractivity contribution in [3.63, 3.8) is 0 Å². The van der Waals surface area contributed by atoms with Crippen molar-refractivity contribution < 1.29 is 9.53 Å². The average molecular weight is 262 g/mol. The first-order valence-corrected chi connectivity index (χ1v) is 6.76. The lowest BCUT2D eigenvalue weighted by Crippen LogP contribution is -2.18. The maximum Gasteiger partial charge on any atom is 0.224 e. The quantitative estimate of drug-likeness (QED) is 0.875. The van der Waals surface area contributed by atoms with Crippen LogP contribution in [0, 0.1) is 19.8 Å². The number of carbonyl (C=O) groups is 1. The average Bonchev–Trinajstić information content (AvgIpc) is 2.81. The third-order valence-corrected chi connectivity index (χ3v) is 3.53. The molecule has 4 heteroatoms. The summed E-state index contributed by atoms with van der Waals surface area (Å²) in [6, 6.07) is 4.01. The molecule has 0 aliphatic carbocycles. The predicted octanol–water partition coefficient (Wildman–Crippen LogP) is 2.25. The largest absolute Gasteiger partial charge is 0.494 e. The Hall–Kier alpha value is -1.55. The van der Waals surface area contributed by atoms with Crippen LogP contribution in [0.5, 0.6) is 5.75 Å². The second-order valence-electron chi connectivity index (χ2n) is 5.27. The molecule has 1 aliphatic rings. The molecule has 0 bridgehead atoms. The third-order valence-electron chi connectivity index (χ3n) is 3.53. The highest BCUT2D eigenvalue weighted by molar-refractivity contribution is 5.92. The van der Waals surface area contributed by atoms with Crippen molar-refractivity contribution in [2.24, 2.45) is 5.92 Å². The standard InChI is InChI=1S/C15H22N2O2/c1-10-6-11(2)15(19-3)13(7-10)17-14(18)8-12-4-5-16-9-12/h6-7,12,16H,4-5,8-9H2,1-3H3,(H,17,18). The van der Waals surface area contributed by atoms with Gasteiger partial charge in [-0.25, -0.2) is 0 Å². The van der Waals surface area contributed by atoms with Gasteiger partial charge < -0.3 is 15.4 Å². The fourth-order valence-corrected chi connectivity index (χ4v) is 2.67. The van der Waals surface area contributed by atoms with Gasteiger partial charge in [0, 0.05) is 6.42 Å². The Morgan fingerprint density at radius 1 is 1.47 bits per heavy atom. The third kappa shape index (κ3) is 3.47. The highest BCUT2D eigenvalue weighted by Gasteiger charge is 2.19. The Balaban J connectivity index is 2.07. The number of hydrogen-bond acceptors (Lipinski definition) is 3. The monoisotopic (exact) mass is 262 g/mol. The first-order valence-electron chi connectivity index (χ1n) is 6.76. The van der Waals surface area contributed by atoms with Crippen LogP contribution in [0.4, 0.5) is 5.69 Å². The molecule has 1 amide bonds. The van der Waals surface area contributed by atoms with Gasteiger partial charge in [0.2, 0.25) is 5.91 Å². The number of anilines is 1. The minimum Gasteiger partial charge on any atom is -0.494 e. The molecule has 1 atom stereocenters. The topological polar surface area (TPSA) is 50.4 Å². The Bertz CT molecular complexity index is 465. The Labute approximate surface area is 114 Å². The Morgan fingerprint density at radius 3 is 2.89 bits per heavy atom. The molecule has 0 spiro atoms. The molecule has 1 aromatic rings. The molecular weight excluding hydrogens is 240 g/mol. The highest BCUT2D eigenvalue weighted by atomic mass is 16.5. The fourth-order valence-electron chi connectivity index (χ4n) is 2.67. The van der Waals surface area contributed by atoms with Crippen LogP contribution >= 0.6 is 0 Å². The molecule has 2 N–H and O–H groups in total. The van der Waals surface area contributed by atoms with E-state index in [1.165, 1.54) is 0 Å². The van der Waals surface area contributed by atoms with Crippen LogP contribution in [0.15, 0.2) is 12.1 Å². The van der Waals surface area contributed by atoms with E-state index in [-0.39, 0.29) is 5.91 Å². The number of amides is 1. The molecule has 1 fully saturated rings. The van der Waals surface area contributed by atoms with E-state index in [0.717, 1.165) is 42.1 Å². The van der Waals surface area contributed by atoms with E-state index in [9.17, 15) is 4.79 Å². The molecule has 0 aromatic heterocycles. The normalized spacial score (nSPS) is 18.4. The van der Waals surface area contributed by atoms with Gasteiger partial charge >= 0.3 is 0 Å². The maximum absolute atomic E-state index is 12.1. The van der Waals surface area contributed by atoms with E-state index in [1.807, 2.05) is 19.9 Å². The molecular formula is C15H22N2O2. The molecule has 1 unspecified atom stereocenters. The molecule has 104 valence electrons. The van der Waals surface area contributed by atoms with Crippen LogP contribution in [0.25, 0.3) is 0 Å². The first-order chi connectivity index (χ1) is 9.10. The highest BCUT2D eigenvalue weighted by Crippen LogP contribution is 2.30. The van der Waals surface area contributed by atoms with E-state index in [4.69, 9.17) is 4.74 Å². The molecule has 1 aliphatic heterocycles. The molecule has 19 heavy (non-hydrogen) atoms. The van der Waals surface area contributed by atoms with Crippen molar-refractivity contribution in [3.05, 3.63) is 23.3 Å². The SMILES string of the molecule is COc1c(C)cc(C)cc1NC(=O)CC1CCNC1. The summed E-state index contributed by atoms with van der Waals surface area (Å²) in [5, 5.41) is 6.26. The van der Waals surface area contributed by atoms with Gasteiger partial charge in [0.1, 0.15) is 5.75 Å². The van der Waals surface area contributed by atoms with Crippen LogP contribution < -0.4 is 15.4 Å². The molecule has 2 rings (SSSR count). The smallest absolute Gasteiger partial charge is 0.224 e. The zero-order valence-corrected chi connectivity index (χ0v) is 11.9. The van der Waals surface area contributed by atoms with Crippen LogP contribution in [0.3, 0.4) is 0 Å². The lowest BCUT2D eigenvalue weighted by atomic mass is 10.0. The summed E-state index contributed by atoms with van der Waals surface area (Å²) in [7, 11) is 1.63. The van der Waals surface area contributed by atoms with Gasteiger partial charge in [0.25, 0.3) is 0 Å². The van der Waals surface area contributed by atoms with Crippen molar-refractivity contribution >= 4 is 11.6 Å². The second kappa shape index (κ2) is 6.06. The molecule has 1 saturated heterocycles. The van der Waals surface area contributed by atoms with Gasteiger partial charge in [0.05, 0.1) is 12.8 Å². The lowest BCUT2D eigenvalue weighted by molar-refractivity contribution is -0.117. The summed E-state index contributed by atoms with van der Waals surface area (Å²) in [5.41, 5.74) is 2.94. The molecule has 0 saturated carbocycles. The second-order valence-corrected chi connectivity index (χ2v) is 5.27. The van der Waals surface area contributed by atoms with Crippen molar-refractivity contribution in [3.8, 4) is 5.75 Å². The van der Waals surface area contributed by atoms with E-state index >= 15 is 0 Å². The Morgan fingerprint density at radius 2 is 2.26 bits per heavy atom. The zero-order chi connectivity index (χ0) is 13.8. The fraction of sp³-hybridized carbons (Fsp3) is 0.533. The van der Waals surface area contributed by atoms with Gasteiger partial charge in [-0.3, -0.25) is 4.79 Å². The molecule has 4 nitrogen and oxygen atoms in total. The van der Waals surface area contributed by atoms with Gasteiger partial charge in [-0.05, 0) is 56.5 Å². The van der Waals surface area contributed by atoms with Crippen molar-refractivity contribution in [1.82, 2.24) is 5.32 Å². The summed E-state index contributed by atoms with van der Waals surface area (Å²) >= 11 is 0. The number of aryl methyl sites for hydroxylation is 2. The summed E-state index contributed by atoms with van der Waals surface area (Å²) in [6.07, 6.45) is 1.65. The van der Waals surface area contributed by atoms with Gasteiger partial charge in [0.15, 0.2) is 0 Å². The minimum absolute atomic E-state index is 0.0667. The van der Waals surface area contributed by atoms with Gasteiger partial charge in [-0.1, -0.05) is 6.07 Å². The van der Waals surface area contributed by atoms with Crippen LogP contribution in [-0.2, 0) is 4.79 Å². The van der Waals surface area contributed by atoms with E-state index < -0.39 is 0 Å². The number of rotatable bonds is 4. The summed E-state index contributed by atoms with van der Waals surface area (Å²) in [6.45, 7) is 5.97. The molecule has 1 heterocycles. The number of ether oxygens (including phenoxy) is 1. The van der Waals surface area contributed by atoms with Crippen LogP contribution in [0.1, 0.15) is 24.0 Å². The van der Waals surface area contributed by atoms with Crippen molar-refractivity contribution in [2.75, 3.05) is 25.5 Å². The molecule has 1 aromatic carbocycles. The summed E-state index contributed by atoms with van der Waals surface area (Å²) in [4.78, 5) is 12.1. The van der Waals surface area contributed by atoms with Crippen LogP contribution in [0.2, 0.25) is 0 Å². The number of hydrogen-bond donors (Lipinski definition) is 2. The van der Waals surface area contributed by atoms with Gasteiger partial charge in [-0.15, -0.1) is 0 Å². The zero-order valence-electron chi connectivity index (χ0n) is 11.9. The number of carbonyl (C=O) groups excluding carboxylic acids is 1. The van der Waals surface area contributed by atoms with Gasteiger partial charge in [-0.2, -0.15) is 0 Å². The first kappa shape index (κ1) is 13.9. The number of nitrogens with one attached hydrogen (secondary N) is 2. The summed E-state index contributed by atoms with van der Waals surface area (Å²) < 4.78 is 5.37. The predicted molar refractivity (Wildman–Crippen MR) is 76.7 cm³/mol. The van der Waals surface area contributed by atoms with Crippen molar-refractivity contribution in [2.45, 2.75) is 26.7 Å². The number of methoxy groups -OCH3 is 1. The van der Waals surface area contributed by atoms with Crippen molar-refractivity contribution in [1.29, 1.82) is 0 Å². The van der Waals surface area contributed by atoms with E-state index in [1.54, 1.807) is 7.11 Å². The maximum atomic E-state index is 12.1. The van der Waals surface area contributed by atoms with E-state index in [0.29, 0.717) is 12.3 Å². The van der Waals surface area contributed by atoms with E-state index in [2.05, 4.69) is 16.7 Å².